The van der Waals surface area contributed by atoms with Gasteiger partial charge >= 0.3 is 5.69 Å². The molecule has 158 valence electrons. The fraction of sp³-hybridized carbons (Fsp3) is 0.600. The van der Waals surface area contributed by atoms with E-state index in [4.69, 9.17) is 14.2 Å². The monoisotopic (exact) mass is 404 g/mol. The van der Waals surface area contributed by atoms with Crippen LogP contribution in [0.25, 0.3) is 10.9 Å². The van der Waals surface area contributed by atoms with Gasteiger partial charge in [-0.25, -0.2) is 4.79 Å². The lowest BCUT2D eigenvalue weighted by molar-refractivity contribution is -0.0662. The molecule has 2 aromatic rings. The number of hydrogen-bond donors (Lipinski definition) is 0. The Labute approximate surface area is 168 Å². The van der Waals surface area contributed by atoms with E-state index < -0.39 is 11.2 Å². The van der Waals surface area contributed by atoms with Crippen LogP contribution in [0.15, 0.2) is 27.8 Å². The van der Waals surface area contributed by atoms with E-state index in [2.05, 4.69) is 4.90 Å². The Kier molecular flexibility index (Phi) is 5.89. The van der Waals surface area contributed by atoms with Crippen LogP contribution in [0.4, 0.5) is 0 Å². The summed E-state index contributed by atoms with van der Waals surface area (Å²) in [6.45, 7) is 4.20. The van der Waals surface area contributed by atoms with Gasteiger partial charge in [-0.2, -0.15) is 0 Å². The molecule has 0 unspecified atom stereocenters. The van der Waals surface area contributed by atoms with Gasteiger partial charge in [-0.05, 0) is 56.5 Å². The van der Waals surface area contributed by atoms with Crippen molar-refractivity contribution in [2.24, 2.45) is 5.92 Å². The topological polar surface area (TPSA) is 98.0 Å². The highest BCUT2D eigenvalue weighted by atomic mass is 16.7. The third kappa shape index (κ3) is 4.17. The molecule has 1 aromatic carbocycles. The van der Waals surface area contributed by atoms with Crippen molar-refractivity contribution in [2.75, 3.05) is 40.0 Å². The molecule has 0 radical (unpaired) electrons. The van der Waals surface area contributed by atoms with Crippen LogP contribution >= 0.6 is 0 Å². The minimum absolute atomic E-state index is 0.0710. The molecule has 0 bridgehead atoms. The van der Waals surface area contributed by atoms with Crippen LogP contribution in [0, 0.1) is 11.1 Å². The summed E-state index contributed by atoms with van der Waals surface area (Å²) in [5.74, 6) is 0.881. The molecule has 9 heteroatoms. The van der Waals surface area contributed by atoms with E-state index in [0.717, 1.165) is 37.0 Å². The summed E-state index contributed by atoms with van der Waals surface area (Å²) >= 11 is 0. The number of nitrogens with zero attached hydrogens (tertiary/aromatic N) is 3. The highest BCUT2D eigenvalue weighted by molar-refractivity contribution is 5.79. The highest BCUT2D eigenvalue weighted by Crippen LogP contribution is 2.22. The molecule has 0 amide bonds. The predicted octanol–water partition coefficient (Wildman–Crippen LogP) is 0.993. The third-order valence-corrected chi connectivity index (χ3v) is 5.87. The van der Waals surface area contributed by atoms with E-state index in [0.29, 0.717) is 36.0 Å². The second kappa shape index (κ2) is 8.56. The summed E-state index contributed by atoms with van der Waals surface area (Å²) in [5, 5.41) is 12.5. The Morgan fingerprint density at radius 1 is 1.17 bits per heavy atom. The first-order valence-electron chi connectivity index (χ1n) is 10.0. The fourth-order valence-electron chi connectivity index (χ4n) is 4.13. The second-order valence-electron chi connectivity index (χ2n) is 7.62. The number of piperidine rings is 1. The van der Waals surface area contributed by atoms with Crippen molar-refractivity contribution in [3.63, 3.8) is 0 Å². The number of rotatable bonds is 6. The maximum absolute atomic E-state index is 12.8. The SMILES string of the molecule is COc1ccc2c(c1)c(=O)n(CCC1CCN(CC3OCCO3)CC1)c(=O)n2[O-]. The molecule has 0 spiro atoms. The van der Waals surface area contributed by atoms with Gasteiger partial charge in [-0.1, -0.05) is 0 Å². The largest absolute Gasteiger partial charge is 0.802 e. The van der Waals surface area contributed by atoms with Crippen LogP contribution in [-0.4, -0.2) is 60.4 Å². The molecule has 4 rings (SSSR count). The lowest BCUT2D eigenvalue weighted by atomic mass is 9.93. The molecular weight excluding hydrogens is 378 g/mol. The fourth-order valence-corrected chi connectivity index (χ4v) is 4.13. The molecule has 1 aromatic heterocycles. The normalized spacial score (nSPS) is 19.2. The Morgan fingerprint density at radius 2 is 1.90 bits per heavy atom. The maximum atomic E-state index is 12.8. The molecular formula is C20H26N3O6-. The summed E-state index contributed by atoms with van der Waals surface area (Å²) < 4.78 is 17.5. The van der Waals surface area contributed by atoms with Crippen LogP contribution in [0.2, 0.25) is 0 Å². The Balaban J connectivity index is 1.42. The van der Waals surface area contributed by atoms with Crippen molar-refractivity contribution in [1.29, 1.82) is 0 Å². The zero-order valence-corrected chi connectivity index (χ0v) is 16.5. The summed E-state index contributed by atoms with van der Waals surface area (Å²) in [4.78, 5) is 27.6. The van der Waals surface area contributed by atoms with Crippen molar-refractivity contribution >= 4 is 10.9 Å². The first-order chi connectivity index (χ1) is 14.1. The molecule has 29 heavy (non-hydrogen) atoms. The third-order valence-electron chi connectivity index (χ3n) is 5.87. The van der Waals surface area contributed by atoms with Gasteiger partial charge in [0.1, 0.15) is 5.75 Å². The van der Waals surface area contributed by atoms with Gasteiger partial charge in [0.25, 0.3) is 5.56 Å². The molecule has 2 aliphatic rings. The lowest BCUT2D eigenvalue weighted by Gasteiger charge is -2.33. The average Bonchev–Trinajstić information content (AvgIpc) is 3.26. The molecule has 3 heterocycles. The molecule has 0 N–H and O–H groups in total. The zero-order chi connectivity index (χ0) is 20.4. The number of likely N-dealkylation sites (tertiary alicyclic amines) is 1. The van der Waals surface area contributed by atoms with Crippen molar-refractivity contribution < 1.29 is 14.2 Å². The highest BCUT2D eigenvalue weighted by Gasteiger charge is 2.24. The van der Waals surface area contributed by atoms with Crippen LogP contribution in [0.5, 0.6) is 5.75 Å². The Morgan fingerprint density at radius 3 is 2.59 bits per heavy atom. The van der Waals surface area contributed by atoms with Gasteiger partial charge < -0.3 is 24.1 Å². The molecule has 2 aliphatic heterocycles. The smallest absolute Gasteiger partial charge is 0.326 e. The van der Waals surface area contributed by atoms with Crippen LogP contribution in [-0.2, 0) is 16.0 Å². The number of benzene rings is 1. The zero-order valence-electron chi connectivity index (χ0n) is 16.5. The first-order valence-corrected chi connectivity index (χ1v) is 10.0. The van der Waals surface area contributed by atoms with Gasteiger partial charge in [0.15, 0.2) is 6.29 Å². The summed E-state index contributed by atoms with van der Waals surface area (Å²) in [6.07, 6.45) is 2.52. The average molecular weight is 404 g/mol. The van der Waals surface area contributed by atoms with Gasteiger partial charge in [-0.3, -0.25) is 14.3 Å². The predicted molar refractivity (Wildman–Crippen MR) is 107 cm³/mol. The van der Waals surface area contributed by atoms with Crippen LogP contribution < -0.4 is 16.0 Å². The lowest BCUT2D eigenvalue weighted by Crippen LogP contribution is -2.41. The first kappa shape index (κ1) is 19.9. The number of fused-ring (bicyclic) bond motifs is 1. The van der Waals surface area contributed by atoms with Crippen molar-refractivity contribution in [1.82, 2.24) is 14.2 Å². The van der Waals surface area contributed by atoms with E-state index in [9.17, 15) is 14.8 Å². The van der Waals surface area contributed by atoms with E-state index in [1.807, 2.05) is 0 Å². The second-order valence-corrected chi connectivity index (χ2v) is 7.62. The molecule has 0 saturated carbocycles. The molecule has 9 nitrogen and oxygen atoms in total. The minimum Gasteiger partial charge on any atom is -0.802 e. The van der Waals surface area contributed by atoms with E-state index in [1.54, 1.807) is 6.07 Å². The van der Waals surface area contributed by atoms with Gasteiger partial charge in [0.2, 0.25) is 0 Å². The summed E-state index contributed by atoms with van der Waals surface area (Å²) in [7, 11) is 1.49. The molecule has 0 aliphatic carbocycles. The maximum Gasteiger partial charge on any atom is 0.326 e. The van der Waals surface area contributed by atoms with Crippen LogP contribution in [0.3, 0.4) is 0 Å². The quantitative estimate of drug-likeness (QED) is 0.708. The number of methoxy groups -OCH3 is 1. The standard InChI is InChI=1S/C20H26N3O6/c1-27-15-2-3-17-16(12-15)19(24)22(20(25)23(17)26)9-6-14-4-7-21(8-5-14)13-18-28-10-11-29-18/h2-3,12,14,18H,4-11,13H2,1H3/q-1. The number of hydrogen-bond acceptors (Lipinski definition) is 7. The Bertz CT molecular complexity index is 971. The van der Waals surface area contributed by atoms with Crippen molar-refractivity contribution in [3.05, 3.63) is 44.2 Å². The van der Waals surface area contributed by atoms with Crippen molar-refractivity contribution in [2.45, 2.75) is 32.1 Å². The molecule has 2 fully saturated rings. The van der Waals surface area contributed by atoms with Gasteiger partial charge in [0, 0.05) is 13.1 Å². The Hall–Kier alpha value is -2.36. The van der Waals surface area contributed by atoms with Crippen LogP contribution in [0.1, 0.15) is 19.3 Å². The number of aromatic nitrogens is 2. The summed E-state index contributed by atoms with van der Waals surface area (Å²) in [6, 6.07) is 4.52. The van der Waals surface area contributed by atoms with E-state index in [-0.39, 0.29) is 23.7 Å². The minimum atomic E-state index is -0.819. The van der Waals surface area contributed by atoms with Crippen molar-refractivity contribution in [3.8, 4) is 5.75 Å². The summed E-state index contributed by atoms with van der Waals surface area (Å²) in [5.41, 5.74) is -1.19. The van der Waals surface area contributed by atoms with E-state index >= 15 is 0 Å². The molecule has 2 saturated heterocycles. The van der Waals surface area contributed by atoms with Gasteiger partial charge in [0.05, 0.1) is 31.2 Å². The van der Waals surface area contributed by atoms with E-state index in [1.165, 1.54) is 19.2 Å². The van der Waals surface area contributed by atoms with Gasteiger partial charge in [-0.15, -0.1) is 0 Å². The molecule has 0 atom stereocenters. The number of ether oxygens (including phenoxy) is 3.